The van der Waals surface area contributed by atoms with Crippen molar-refractivity contribution in [3.8, 4) is 0 Å². The van der Waals surface area contributed by atoms with Gasteiger partial charge in [-0.05, 0) is 33.7 Å². The maximum atomic E-state index is 11.3. The molecule has 0 fully saturated rings. The van der Waals surface area contributed by atoms with Crippen LogP contribution in [0.3, 0.4) is 0 Å². The summed E-state index contributed by atoms with van der Waals surface area (Å²) in [5, 5.41) is 12.9. The van der Waals surface area contributed by atoms with Gasteiger partial charge in [0, 0.05) is 19.1 Å². The van der Waals surface area contributed by atoms with Crippen LogP contribution in [0.1, 0.15) is 34.1 Å². The van der Waals surface area contributed by atoms with E-state index in [1.54, 1.807) is 13.8 Å². The summed E-state index contributed by atoms with van der Waals surface area (Å²) in [7, 11) is -3.09. The van der Waals surface area contributed by atoms with E-state index < -0.39 is 15.6 Å². The molecule has 6 heteroatoms. The molecule has 17 heavy (non-hydrogen) atoms. The normalized spacial score (nSPS) is 15.2. The zero-order valence-corrected chi connectivity index (χ0v) is 12.3. The van der Waals surface area contributed by atoms with Gasteiger partial charge in [0.2, 0.25) is 10.0 Å². The molecule has 104 valence electrons. The maximum absolute atomic E-state index is 11.3. The molecule has 0 aliphatic rings. The summed E-state index contributed by atoms with van der Waals surface area (Å²) < 4.78 is 24.1. The maximum Gasteiger partial charge on any atom is 0.211 e. The van der Waals surface area contributed by atoms with E-state index in [2.05, 4.69) is 5.32 Å². The Balaban J connectivity index is 3.93. The Morgan fingerprint density at radius 2 is 1.94 bits per heavy atom. The third kappa shape index (κ3) is 6.98. The Morgan fingerprint density at radius 1 is 1.41 bits per heavy atom. The molecule has 0 heterocycles. The van der Waals surface area contributed by atoms with Crippen LogP contribution in [0.5, 0.6) is 0 Å². The quantitative estimate of drug-likeness (QED) is 0.624. The molecule has 0 amide bonds. The van der Waals surface area contributed by atoms with Crippen LogP contribution in [0, 0.1) is 0 Å². The van der Waals surface area contributed by atoms with Gasteiger partial charge in [0.05, 0.1) is 11.9 Å². The van der Waals surface area contributed by atoms with Crippen molar-refractivity contribution in [1.29, 1.82) is 0 Å². The van der Waals surface area contributed by atoms with E-state index in [1.165, 1.54) is 10.6 Å². The molecule has 1 atom stereocenters. The summed E-state index contributed by atoms with van der Waals surface area (Å²) in [5.41, 5.74) is -0.763. The van der Waals surface area contributed by atoms with Gasteiger partial charge in [0.25, 0.3) is 0 Å². The van der Waals surface area contributed by atoms with E-state index in [1.807, 2.05) is 13.8 Å². The van der Waals surface area contributed by atoms with Crippen molar-refractivity contribution in [3.05, 3.63) is 0 Å². The van der Waals surface area contributed by atoms with E-state index in [9.17, 15) is 13.5 Å². The lowest BCUT2D eigenvalue weighted by atomic mass is 10.0. The predicted octanol–water partition coefficient (Wildman–Crippen LogP) is 0.407. The van der Waals surface area contributed by atoms with Crippen LogP contribution in [-0.4, -0.2) is 55.4 Å². The van der Waals surface area contributed by atoms with Crippen LogP contribution < -0.4 is 5.32 Å². The van der Waals surface area contributed by atoms with Crippen LogP contribution in [-0.2, 0) is 10.0 Å². The average Bonchev–Trinajstić information content (AvgIpc) is 2.13. The lowest BCUT2D eigenvalue weighted by Gasteiger charge is -2.27. The second-order valence-corrected chi connectivity index (χ2v) is 6.92. The average molecular weight is 266 g/mol. The van der Waals surface area contributed by atoms with Gasteiger partial charge in [0.1, 0.15) is 0 Å². The van der Waals surface area contributed by atoms with E-state index >= 15 is 0 Å². The Hall–Kier alpha value is -0.170. The fraction of sp³-hybridized carbons (Fsp3) is 1.00. The van der Waals surface area contributed by atoms with Crippen LogP contribution >= 0.6 is 0 Å². The highest BCUT2D eigenvalue weighted by Gasteiger charge is 2.21. The number of aliphatic hydroxyl groups is 1. The van der Waals surface area contributed by atoms with E-state index in [4.69, 9.17) is 0 Å². The summed E-state index contributed by atoms with van der Waals surface area (Å²) in [6, 6.07) is -0.0178. The van der Waals surface area contributed by atoms with Crippen molar-refractivity contribution >= 4 is 10.0 Å². The minimum atomic E-state index is -3.09. The summed E-state index contributed by atoms with van der Waals surface area (Å²) in [4.78, 5) is 0. The van der Waals surface area contributed by atoms with Gasteiger partial charge in [-0.15, -0.1) is 0 Å². The summed E-state index contributed by atoms with van der Waals surface area (Å²) in [6.45, 7) is 8.94. The van der Waals surface area contributed by atoms with Gasteiger partial charge in [-0.1, -0.05) is 6.92 Å². The molecule has 0 aromatic rings. The fourth-order valence-corrected chi connectivity index (χ4v) is 2.31. The van der Waals surface area contributed by atoms with E-state index in [0.717, 1.165) is 6.42 Å². The number of nitrogens with one attached hydrogen (secondary N) is 1. The molecule has 0 radical (unpaired) electrons. The molecule has 0 saturated carbocycles. The first kappa shape index (κ1) is 16.8. The van der Waals surface area contributed by atoms with Crippen molar-refractivity contribution in [2.45, 2.75) is 45.8 Å². The van der Waals surface area contributed by atoms with Crippen LogP contribution in [0.4, 0.5) is 0 Å². The minimum absolute atomic E-state index is 0.0178. The molecule has 0 bridgehead atoms. The molecule has 0 aromatic heterocycles. The molecule has 0 rings (SSSR count). The number of sulfonamides is 1. The zero-order chi connectivity index (χ0) is 13.7. The molecule has 0 spiro atoms. The standard InChI is InChI=1S/C11H26N2O3S/c1-6-13(17(5,15)16)9-7-8-12-10(2)11(3,4)14/h10,12,14H,6-9H2,1-5H3. The molecule has 5 nitrogen and oxygen atoms in total. The Bertz CT molecular complexity index is 309. The van der Waals surface area contributed by atoms with E-state index in [0.29, 0.717) is 19.6 Å². The largest absolute Gasteiger partial charge is 0.389 e. The van der Waals surface area contributed by atoms with Crippen molar-refractivity contribution in [2.24, 2.45) is 0 Å². The molecule has 2 N–H and O–H groups in total. The number of hydrogen-bond donors (Lipinski definition) is 2. The molecular weight excluding hydrogens is 240 g/mol. The summed E-state index contributed by atoms with van der Waals surface area (Å²) in [5.74, 6) is 0. The first-order valence-corrected chi connectivity index (χ1v) is 7.84. The van der Waals surface area contributed by atoms with Gasteiger partial charge in [-0.3, -0.25) is 0 Å². The number of hydrogen-bond acceptors (Lipinski definition) is 4. The van der Waals surface area contributed by atoms with Gasteiger partial charge >= 0.3 is 0 Å². The predicted molar refractivity (Wildman–Crippen MR) is 70.5 cm³/mol. The molecule has 0 saturated heterocycles. The smallest absolute Gasteiger partial charge is 0.211 e. The molecule has 0 aromatic carbocycles. The lowest BCUT2D eigenvalue weighted by molar-refractivity contribution is 0.0443. The first-order valence-electron chi connectivity index (χ1n) is 6.00. The Morgan fingerprint density at radius 3 is 2.29 bits per heavy atom. The second-order valence-electron chi connectivity index (χ2n) is 4.94. The summed E-state index contributed by atoms with van der Waals surface area (Å²) >= 11 is 0. The van der Waals surface area contributed by atoms with Gasteiger partial charge in [0.15, 0.2) is 0 Å². The third-order valence-corrected chi connectivity index (χ3v) is 4.30. The molecule has 1 unspecified atom stereocenters. The second kappa shape index (κ2) is 6.68. The van der Waals surface area contributed by atoms with E-state index in [-0.39, 0.29) is 6.04 Å². The van der Waals surface area contributed by atoms with Crippen LogP contribution in [0.2, 0.25) is 0 Å². The highest BCUT2D eigenvalue weighted by atomic mass is 32.2. The van der Waals surface area contributed by atoms with Gasteiger partial charge in [-0.25, -0.2) is 12.7 Å². The van der Waals surface area contributed by atoms with Crippen LogP contribution in [0.25, 0.3) is 0 Å². The van der Waals surface area contributed by atoms with Gasteiger partial charge in [-0.2, -0.15) is 0 Å². The van der Waals surface area contributed by atoms with Crippen molar-refractivity contribution in [3.63, 3.8) is 0 Å². The lowest BCUT2D eigenvalue weighted by Crippen LogP contribution is -2.45. The van der Waals surface area contributed by atoms with Crippen molar-refractivity contribution < 1.29 is 13.5 Å². The zero-order valence-electron chi connectivity index (χ0n) is 11.5. The monoisotopic (exact) mass is 266 g/mol. The highest BCUT2D eigenvalue weighted by Crippen LogP contribution is 2.07. The summed E-state index contributed by atoms with van der Waals surface area (Å²) in [6.07, 6.45) is 1.96. The van der Waals surface area contributed by atoms with Gasteiger partial charge < -0.3 is 10.4 Å². The number of rotatable bonds is 8. The topological polar surface area (TPSA) is 69.6 Å². The molecule has 0 aliphatic carbocycles. The van der Waals surface area contributed by atoms with Crippen LogP contribution in [0.15, 0.2) is 0 Å². The number of nitrogens with zero attached hydrogens (tertiary/aromatic N) is 1. The van der Waals surface area contributed by atoms with Crippen molar-refractivity contribution in [1.82, 2.24) is 9.62 Å². The molecular formula is C11H26N2O3S. The Kier molecular flexibility index (Phi) is 6.61. The minimum Gasteiger partial charge on any atom is -0.389 e. The molecule has 0 aliphatic heterocycles. The third-order valence-electron chi connectivity index (χ3n) is 2.92. The van der Waals surface area contributed by atoms with Crippen molar-refractivity contribution in [2.75, 3.05) is 25.9 Å². The first-order chi connectivity index (χ1) is 7.59. The SMILES string of the molecule is CCN(CCCNC(C)C(C)(C)O)S(C)(=O)=O. The fourth-order valence-electron chi connectivity index (χ4n) is 1.38. The highest BCUT2D eigenvalue weighted by molar-refractivity contribution is 7.88. The Labute approximate surface area is 105 Å².